The average Bonchev–Trinajstić information content (AvgIpc) is 2.75. The lowest BCUT2D eigenvalue weighted by Crippen LogP contribution is -2.48. The fourth-order valence-electron chi connectivity index (χ4n) is 4.84. The maximum atomic E-state index is 14.4. The second-order valence-electron chi connectivity index (χ2n) is 8.30. The average molecular weight is 413 g/mol. The van der Waals surface area contributed by atoms with Crippen molar-refractivity contribution in [2.45, 2.75) is 25.8 Å². The van der Waals surface area contributed by atoms with Crippen LogP contribution in [-0.4, -0.2) is 64.7 Å². The molecule has 3 aliphatic heterocycles. The van der Waals surface area contributed by atoms with Gasteiger partial charge in [0, 0.05) is 62.9 Å². The van der Waals surface area contributed by atoms with Gasteiger partial charge < -0.3 is 19.1 Å². The highest BCUT2D eigenvalue weighted by atomic mass is 19.1. The number of nitrogens with zero attached hydrogens (tertiary/aromatic N) is 5. The van der Waals surface area contributed by atoms with Gasteiger partial charge >= 0.3 is 0 Å². The highest BCUT2D eigenvalue weighted by Gasteiger charge is 2.36. The molecule has 9 heteroatoms. The van der Waals surface area contributed by atoms with E-state index in [0.29, 0.717) is 63.2 Å². The van der Waals surface area contributed by atoms with Gasteiger partial charge in [0.15, 0.2) is 17.5 Å². The number of morpholine rings is 1. The molecule has 0 aliphatic carbocycles. The quantitative estimate of drug-likeness (QED) is 0.737. The van der Waals surface area contributed by atoms with E-state index in [0.717, 1.165) is 12.1 Å². The van der Waals surface area contributed by atoms with E-state index in [1.165, 1.54) is 12.3 Å². The molecule has 158 valence electrons. The Morgan fingerprint density at radius 3 is 2.77 bits per heavy atom. The molecule has 1 amide bonds. The van der Waals surface area contributed by atoms with E-state index in [4.69, 9.17) is 4.74 Å². The van der Waals surface area contributed by atoms with Crippen LogP contribution in [0.4, 0.5) is 10.2 Å². The first-order valence-corrected chi connectivity index (χ1v) is 10.4. The number of aromatic nitrogens is 3. The summed E-state index contributed by atoms with van der Waals surface area (Å²) >= 11 is 0. The van der Waals surface area contributed by atoms with E-state index in [1.807, 2.05) is 20.4 Å². The van der Waals surface area contributed by atoms with Crippen molar-refractivity contribution in [3.05, 3.63) is 40.2 Å². The molecule has 30 heavy (non-hydrogen) atoms. The molecule has 0 unspecified atom stereocenters. The molecule has 2 fully saturated rings. The Bertz CT molecular complexity index is 1050. The molecule has 2 atom stereocenters. The fraction of sp³-hybridized carbons (Fsp3) is 0.524. The molecule has 2 aromatic rings. The first kappa shape index (κ1) is 19.2. The van der Waals surface area contributed by atoms with Crippen LogP contribution in [0.5, 0.6) is 0 Å². The minimum atomic E-state index is -0.484. The minimum absolute atomic E-state index is 0.0636. The van der Waals surface area contributed by atoms with Crippen molar-refractivity contribution in [3.63, 3.8) is 0 Å². The smallest absolute Gasteiger partial charge is 0.251 e. The van der Waals surface area contributed by atoms with Crippen LogP contribution < -0.4 is 10.5 Å². The van der Waals surface area contributed by atoms with Crippen molar-refractivity contribution in [2.75, 3.05) is 44.3 Å². The monoisotopic (exact) mass is 413 g/mol. The van der Waals surface area contributed by atoms with Crippen LogP contribution in [0, 0.1) is 11.7 Å². The van der Waals surface area contributed by atoms with Gasteiger partial charge in [-0.15, -0.1) is 0 Å². The number of carbonyl (C=O) groups is 1. The van der Waals surface area contributed by atoms with E-state index in [-0.39, 0.29) is 23.2 Å². The van der Waals surface area contributed by atoms with Crippen LogP contribution in [0.15, 0.2) is 23.1 Å². The summed E-state index contributed by atoms with van der Waals surface area (Å²) in [6.07, 6.45) is 2.12. The van der Waals surface area contributed by atoms with Gasteiger partial charge in [-0.25, -0.2) is 14.4 Å². The molecule has 8 nitrogen and oxygen atoms in total. The number of rotatable bonds is 2. The highest BCUT2D eigenvalue weighted by Crippen LogP contribution is 2.36. The Labute approximate surface area is 173 Å². The van der Waals surface area contributed by atoms with Crippen LogP contribution in [0.3, 0.4) is 0 Å². The van der Waals surface area contributed by atoms with Crippen LogP contribution in [0.1, 0.15) is 25.0 Å². The molecule has 5 rings (SSSR count). The van der Waals surface area contributed by atoms with E-state index in [1.54, 1.807) is 6.92 Å². The third-order valence-electron chi connectivity index (χ3n) is 6.30. The number of pyridine rings is 1. The van der Waals surface area contributed by atoms with Crippen LogP contribution in [0.25, 0.3) is 11.4 Å². The molecule has 3 aliphatic rings. The van der Waals surface area contributed by atoms with E-state index in [9.17, 15) is 14.0 Å². The Hall–Kier alpha value is -2.81. The Kier molecular flexibility index (Phi) is 4.77. The lowest BCUT2D eigenvalue weighted by molar-refractivity contribution is -0.131. The third-order valence-corrected chi connectivity index (χ3v) is 6.30. The number of piperidine rings is 1. The second-order valence-corrected chi connectivity index (χ2v) is 8.30. The largest absolute Gasteiger partial charge is 0.378 e. The molecule has 0 radical (unpaired) electrons. The van der Waals surface area contributed by atoms with Crippen molar-refractivity contribution in [3.8, 4) is 11.4 Å². The molecule has 0 aromatic carbocycles. The number of amides is 1. The van der Waals surface area contributed by atoms with Crippen LogP contribution >= 0.6 is 0 Å². The number of ether oxygens (including phenoxy) is 1. The number of carbonyl (C=O) groups excluding carboxylic acids is 1. The van der Waals surface area contributed by atoms with Gasteiger partial charge in [0.05, 0.1) is 19.4 Å². The molecule has 5 heterocycles. The lowest BCUT2D eigenvalue weighted by atomic mass is 9.82. The van der Waals surface area contributed by atoms with Crippen molar-refractivity contribution in [2.24, 2.45) is 5.92 Å². The second kappa shape index (κ2) is 7.46. The first-order valence-electron chi connectivity index (χ1n) is 10.4. The van der Waals surface area contributed by atoms with Gasteiger partial charge in [0.25, 0.3) is 5.56 Å². The fourth-order valence-corrected chi connectivity index (χ4v) is 4.84. The molecular formula is C21H24FN5O3. The molecule has 2 saturated heterocycles. The number of halogens is 1. The zero-order valence-corrected chi connectivity index (χ0v) is 16.9. The zero-order valence-electron chi connectivity index (χ0n) is 16.9. The van der Waals surface area contributed by atoms with Gasteiger partial charge in [-0.05, 0) is 18.4 Å². The summed E-state index contributed by atoms with van der Waals surface area (Å²) < 4.78 is 21.5. The Morgan fingerprint density at radius 2 is 2.00 bits per heavy atom. The van der Waals surface area contributed by atoms with Crippen LogP contribution in [0.2, 0.25) is 0 Å². The summed E-state index contributed by atoms with van der Waals surface area (Å²) in [5.74, 6) is 0.546. The van der Waals surface area contributed by atoms with Gasteiger partial charge in [-0.2, -0.15) is 0 Å². The zero-order chi connectivity index (χ0) is 20.8. The Morgan fingerprint density at radius 1 is 1.20 bits per heavy atom. The van der Waals surface area contributed by atoms with Crippen molar-refractivity contribution in [1.29, 1.82) is 0 Å². The summed E-state index contributed by atoms with van der Waals surface area (Å²) in [5, 5.41) is 0. The number of hydrogen-bond donors (Lipinski definition) is 0. The van der Waals surface area contributed by atoms with E-state index >= 15 is 0 Å². The van der Waals surface area contributed by atoms with Crippen molar-refractivity contribution < 1.29 is 13.9 Å². The van der Waals surface area contributed by atoms with Gasteiger partial charge in [-0.3, -0.25) is 9.59 Å². The highest BCUT2D eigenvalue weighted by molar-refractivity contribution is 5.73. The summed E-state index contributed by atoms with van der Waals surface area (Å²) in [4.78, 5) is 37.1. The van der Waals surface area contributed by atoms with Crippen molar-refractivity contribution in [1.82, 2.24) is 19.4 Å². The lowest BCUT2D eigenvalue weighted by Gasteiger charge is -2.42. The maximum absolute atomic E-state index is 14.4. The molecule has 0 spiro atoms. The number of likely N-dealkylation sites (tertiary alicyclic amines) is 1. The molecule has 2 aromatic heterocycles. The predicted octanol–water partition coefficient (Wildman–Crippen LogP) is 1.25. The maximum Gasteiger partial charge on any atom is 0.251 e. The minimum Gasteiger partial charge on any atom is -0.378 e. The van der Waals surface area contributed by atoms with Gasteiger partial charge in [0.2, 0.25) is 5.91 Å². The van der Waals surface area contributed by atoms with Crippen LogP contribution in [-0.2, 0) is 16.1 Å². The molecule has 0 saturated carbocycles. The number of hydrogen-bond acceptors (Lipinski definition) is 6. The number of anilines is 1. The molecular weight excluding hydrogens is 389 g/mol. The SMILES string of the molecule is CC(=O)N1C[C@@H]2C[C@H](C1)c1cc(-c3ncc(F)c(N4CCOCC4)n3)cc(=O)n1C2. The summed E-state index contributed by atoms with van der Waals surface area (Å²) in [6, 6.07) is 3.46. The van der Waals surface area contributed by atoms with Crippen molar-refractivity contribution >= 4 is 11.7 Å². The van der Waals surface area contributed by atoms with Gasteiger partial charge in [-0.1, -0.05) is 0 Å². The Balaban J connectivity index is 1.53. The van der Waals surface area contributed by atoms with Gasteiger partial charge in [0.1, 0.15) is 0 Å². The summed E-state index contributed by atoms with van der Waals surface area (Å²) in [7, 11) is 0. The topological polar surface area (TPSA) is 80.6 Å². The number of fused-ring (bicyclic) bond motifs is 4. The standard InChI is InChI=1S/C21H24FN5O3/c1-13(28)26-10-14-6-16(12-26)18-7-15(8-19(29)27(18)11-14)20-23-9-17(22)21(24-20)25-2-4-30-5-3-25/h7-9,14,16H,2-6,10-12H2,1H3/t14-,16+/m0/s1. The van der Waals surface area contributed by atoms with E-state index in [2.05, 4.69) is 9.97 Å². The first-order chi connectivity index (χ1) is 14.5. The predicted molar refractivity (Wildman–Crippen MR) is 108 cm³/mol. The molecule has 2 bridgehead atoms. The normalized spacial score (nSPS) is 23.3. The summed E-state index contributed by atoms with van der Waals surface area (Å²) in [6.45, 7) is 5.67. The molecule has 0 N–H and O–H groups in total. The third kappa shape index (κ3) is 3.36. The van der Waals surface area contributed by atoms with E-state index < -0.39 is 5.82 Å². The summed E-state index contributed by atoms with van der Waals surface area (Å²) in [5.41, 5.74) is 1.38.